The maximum atomic E-state index is 12.8. The van der Waals surface area contributed by atoms with E-state index >= 15 is 0 Å². The molecule has 2 N–H and O–H groups in total. The van der Waals surface area contributed by atoms with Crippen molar-refractivity contribution < 1.29 is 26.4 Å². The van der Waals surface area contributed by atoms with Crippen LogP contribution in [0.5, 0.6) is 0 Å². The van der Waals surface area contributed by atoms with E-state index in [0.717, 1.165) is 10.4 Å². The second-order valence-corrected chi connectivity index (χ2v) is 6.75. The maximum absolute atomic E-state index is 12.8. The third-order valence-electron chi connectivity index (χ3n) is 2.46. The van der Waals surface area contributed by atoms with Gasteiger partial charge in [-0.05, 0) is 18.2 Å². The highest BCUT2D eigenvalue weighted by atomic mass is 35.5. The highest BCUT2D eigenvalue weighted by molar-refractivity contribution is 7.87. The van der Waals surface area contributed by atoms with Crippen LogP contribution >= 0.6 is 11.6 Å². The van der Waals surface area contributed by atoms with Gasteiger partial charge in [0, 0.05) is 19.1 Å². The number of halogens is 4. The number of carbonyl (C=O) groups excluding carboxylic acids is 1. The van der Waals surface area contributed by atoms with Crippen molar-refractivity contribution in [3.8, 4) is 0 Å². The molecule has 124 valence electrons. The number of amides is 1. The molecule has 22 heavy (non-hydrogen) atoms. The Balaban J connectivity index is 2.86. The number of alkyl halides is 3. The Morgan fingerprint density at radius 1 is 1.32 bits per heavy atom. The quantitative estimate of drug-likeness (QED) is 0.839. The van der Waals surface area contributed by atoms with Crippen LogP contribution in [0.2, 0.25) is 5.02 Å². The first kappa shape index (κ1) is 18.7. The van der Waals surface area contributed by atoms with Crippen LogP contribution in [0.25, 0.3) is 0 Å². The van der Waals surface area contributed by atoms with Gasteiger partial charge in [0.1, 0.15) is 0 Å². The van der Waals surface area contributed by atoms with Gasteiger partial charge in [-0.1, -0.05) is 11.6 Å². The largest absolute Gasteiger partial charge is 0.418 e. The van der Waals surface area contributed by atoms with Gasteiger partial charge < -0.3 is 5.32 Å². The van der Waals surface area contributed by atoms with Gasteiger partial charge in [-0.15, -0.1) is 0 Å². The third kappa shape index (κ3) is 5.13. The molecule has 6 nitrogen and oxygen atoms in total. The molecular formula is C11H13ClF3N3O3S. The molecule has 0 atom stereocenters. The fraction of sp³-hybridized carbons (Fsp3) is 0.364. The second kappa shape index (κ2) is 6.82. The number of hydrogen-bond donors (Lipinski definition) is 2. The highest BCUT2D eigenvalue weighted by Crippen LogP contribution is 2.36. The molecule has 0 saturated carbocycles. The van der Waals surface area contributed by atoms with E-state index in [-0.39, 0.29) is 5.02 Å². The SMILES string of the molecule is CN(C)S(=O)(=O)NCC(=O)Nc1ccc(Cl)cc1C(F)(F)F. The van der Waals surface area contributed by atoms with Crippen LogP contribution in [-0.2, 0) is 21.2 Å². The van der Waals surface area contributed by atoms with E-state index in [1.807, 2.05) is 10.0 Å². The Labute approximate surface area is 130 Å². The molecule has 1 amide bonds. The zero-order valence-electron chi connectivity index (χ0n) is 11.5. The van der Waals surface area contributed by atoms with Crippen molar-refractivity contribution in [3.05, 3.63) is 28.8 Å². The lowest BCUT2D eigenvalue weighted by molar-refractivity contribution is -0.137. The van der Waals surface area contributed by atoms with Crippen LogP contribution in [0.1, 0.15) is 5.56 Å². The zero-order chi connectivity index (χ0) is 17.1. The summed E-state index contributed by atoms with van der Waals surface area (Å²) < 4.78 is 64.0. The van der Waals surface area contributed by atoms with Gasteiger partial charge in [-0.25, -0.2) is 0 Å². The summed E-state index contributed by atoms with van der Waals surface area (Å²) in [4.78, 5) is 11.6. The summed E-state index contributed by atoms with van der Waals surface area (Å²) in [6.45, 7) is -0.708. The van der Waals surface area contributed by atoms with Crippen molar-refractivity contribution in [3.63, 3.8) is 0 Å². The Kier molecular flexibility index (Phi) is 5.79. The summed E-state index contributed by atoms with van der Waals surface area (Å²) in [6.07, 6.45) is -4.71. The first-order valence-electron chi connectivity index (χ1n) is 5.77. The molecular weight excluding hydrogens is 347 g/mol. The molecule has 0 spiro atoms. The Morgan fingerprint density at radius 2 is 1.91 bits per heavy atom. The first-order chi connectivity index (χ1) is 9.93. The highest BCUT2D eigenvalue weighted by Gasteiger charge is 2.34. The number of rotatable bonds is 5. The molecule has 1 rings (SSSR count). The van der Waals surface area contributed by atoms with Gasteiger partial charge in [-0.3, -0.25) is 4.79 Å². The lowest BCUT2D eigenvalue weighted by Crippen LogP contribution is -2.40. The molecule has 1 aromatic rings. The number of anilines is 1. The zero-order valence-corrected chi connectivity index (χ0v) is 13.1. The second-order valence-electron chi connectivity index (χ2n) is 4.34. The van der Waals surface area contributed by atoms with Crippen LogP contribution in [0.15, 0.2) is 18.2 Å². The monoisotopic (exact) mass is 359 g/mol. The van der Waals surface area contributed by atoms with Crippen molar-refractivity contribution in [1.82, 2.24) is 9.03 Å². The summed E-state index contributed by atoms with van der Waals surface area (Å²) >= 11 is 5.51. The molecule has 0 fully saturated rings. The Hall–Kier alpha value is -1.36. The average Bonchev–Trinajstić information content (AvgIpc) is 2.37. The molecule has 0 heterocycles. The molecule has 0 bridgehead atoms. The molecule has 0 aromatic heterocycles. The minimum absolute atomic E-state index is 0.140. The summed E-state index contributed by atoms with van der Waals surface area (Å²) in [5.74, 6) is -0.946. The minimum atomic E-state index is -4.71. The van der Waals surface area contributed by atoms with E-state index in [2.05, 4.69) is 0 Å². The van der Waals surface area contributed by atoms with E-state index in [0.29, 0.717) is 6.07 Å². The van der Waals surface area contributed by atoms with Crippen molar-refractivity contribution in [2.45, 2.75) is 6.18 Å². The van der Waals surface area contributed by atoms with Gasteiger partial charge >= 0.3 is 6.18 Å². The minimum Gasteiger partial charge on any atom is -0.324 e. The number of benzene rings is 1. The van der Waals surface area contributed by atoms with Crippen LogP contribution in [0.3, 0.4) is 0 Å². The van der Waals surface area contributed by atoms with Crippen LogP contribution < -0.4 is 10.0 Å². The molecule has 0 aliphatic rings. The van der Waals surface area contributed by atoms with E-state index in [4.69, 9.17) is 11.6 Å². The standard InChI is InChI=1S/C11H13ClF3N3O3S/c1-18(2)22(20,21)16-6-10(19)17-9-4-3-7(12)5-8(9)11(13,14)15/h3-5,16H,6H2,1-2H3,(H,17,19). The van der Waals surface area contributed by atoms with Gasteiger partial charge in [-0.2, -0.15) is 30.6 Å². The van der Waals surface area contributed by atoms with E-state index in [9.17, 15) is 26.4 Å². The maximum Gasteiger partial charge on any atom is 0.418 e. The van der Waals surface area contributed by atoms with Crippen LogP contribution in [-0.4, -0.2) is 39.3 Å². The van der Waals surface area contributed by atoms with Gasteiger partial charge in [0.2, 0.25) is 5.91 Å². The summed E-state index contributed by atoms with van der Waals surface area (Å²) in [5.41, 5.74) is -1.63. The summed E-state index contributed by atoms with van der Waals surface area (Å²) in [7, 11) is -1.38. The number of nitrogens with zero attached hydrogens (tertiary/aromatic N) is 1. The molecule has 0 radical (unpaired) electrons. The fourth-order valence-corrected chi connectivity index (χ4v) is 2.08. The van der Waals surface area contributed by atoms with Crippen LogP contribution in [0.4, 0.5) is 18.9 Å². The van der Waals surface area contributed by atoms with Gasteiger partial charge in [0.25, 0.3) is 10.2 Å². The van der Waals surface area contributed by atoms with Gasteiger partial charge in [0.05, 0.1) is 17.8 Å². The topological polar surface area (TPSA) is 78.5 Å². The van der Waals surface area contributed by atoms with E-state index in [1.165, 1.54) is 20.2 Å². The number of nitrogens with one attached hydrogen (secondary N) is 2. The number of hydrogen-bond acceptors (Lipinski definition) is 3. The smallest absolute Gasteiger partial charge is 0.324 e. The molecule has 0 unspecified atom stereocenters. The normalized spacial score (nSPS) is 12.5. The van der Waals surface area contributed by atoms with Crippen molar-refractivity contribution in [1.29, 1.82) is 0 Å². The molecule has 11 heteroatoms. The van der Waals surface area contributed by atoms with Gasteiger partial charge in [0.15, 0.2) is 0 Å². The van der Waals surface area contributed by atoms with E-state index < -0.39 is 40.1 Å². The Bertz CT molecular complexity index is 662. The summed E-state index contributed by atoms with van der Waals surface area (Å²) in [5, 5.41) is 1.85. The number of carbonyl (C=O) groups is 1. The predicted octanol–water partition coefficient (Wildman–Crippen LogP) is 1.69. The van der Waals surface area contributed by atoms with Crippen LogP contribution in [0, 0.1) is 0 Å². The van der Waals surface area contributed by atoms with E-state index in [1.54, 1.807) is 0 Å². The third-order valence-corrected chi connectivity index (χ3v) is 4.16. The molecule has 0 saturated heterocycles. The average molecular weight is 360 g/mol. The summed E-state index contributed by atoms with van der Waals surface area (Å²) in [6, 6.07) is 2.83. The molecule has 1 aromatic carbocycles. The molecule has 0 aliphatic heterocycles. The predicted molar refractivity (Wildman–Crippen MR) is 75.7 cm³/mol. The fourth-order valence-electron chi connectivity index (χ4n) is 1.34. The lowest BCUT2D eigenvalue weighted by Gasteiger charge is -2.15. The molecule has 0 aliphatic carbocycles. The van der Waals surface area contributed by atoms with Crippen molar-refractivity contribution in [2.75, 3.05) is 26.0 Å². The lowest BCUT2D eigenvalue weighted by atomic mass is 10.1. The van der Waals surface area contributed by atoms with Crippen molar-refractivity contribution >= 4 is 33.4 Å². The Morgan fingerprint density at radius 3 is 2.41 bits per heavy atom. The van der Waals surface area contributed by atoms with Crippen molar-refractivity contribution in [2.24, 2.45) is 0 Å². The first-order valence-corrected chi connectivity index (χ1v) is 7.59.